The standard InChI is InChI=1S/C24H18BrN3O2/c1-14-5-11-18(12-6-14)28-23(16-3-2-4-19(29)13-16)20-21(26-27-22(20)24(28)30)15-7-9-17(25)10-8-15/h2-13,23,29H,1H3,(H,26,27). The second-order valence-corrected chi connectivity index (χ2v) is 8.29. The third kappa shape index (κ3) is 3.00. The molecule has 1 aromatic heterocycles. The number of carbonyl (C=O) groups excluding carboxylic acids is 1. The summed E-state index contributed by atoms with van der Waals surface area (Å²) in [5.74, 6) is 0.0176. The van der Waals surface area contributed by atoms with E-state index < -0.39 is 6.04 Å². The minimum Gasteiger partial charge on any atom is -0.508 e. The van der Waals surface area contributed by atoms with Gasteiger partial charge in [-0.3, -0.25) is 14.8 Å². The fourth-order valence-corrected chi connectivity index (χ4v) is 4.22. The van der Waals surface area contributed by atoms with Gasteiger partial charge in [-0.05, 0) is 48.9 Å². The Morgan fingerprint density at radius 3 is 2.47 bits per heavy atom. The smallest absolute Gasteiger partial charge is 0.277 e. The zero-order chi connectivity index (χ0) is 20.8. The molecule has 0 saturated heterocycles. The largest absolute Gasteiger partial charge is 0.508 e. The van der Waals surface area contributed by atoms with Crippen molar-refractivity contribution in [2.45, 2.75) is 13.0 Å². The van der Waals surface area contributed by atoms with Gasteiger partial charge in [0.1, 0.15) is 11.4 Å². The molecule has 1 aliphatic rings. The molecule has 1 aliphatic heterocycles. The Morgan fingerprint density at radius 2 is 1.77 bits per heavy atom. The molecule has 148 valence electrons. The zero-order valence-corrected chi connectivity index (χ0v) is 17.7. The molecule has 2 N–H and O–H groups in total. The van der Waals surface area contributed by atoms with Crippen molar-refractivity contribution in [1.29, 1.82) is 0 Å². The number of aromatic hydroxyl groups is 1. The first kappa shape index (κ1) is 18.6. The number of hydrogen-bond donors (Lipinski definition) is 2. The molecule has 6 heteroatoms. The van der Waals surface area contributed by atoms with E-state index in [1.165, 1.54) is 0 Å². The number of H-pyrrole nitrogens is 1. The van der Waals surface area contributed by atoms with Crippen molar-refractivity contribution < 1.29 is 9.90 Å². The first-order valence-corrected chi connectivity index (χ1v) is 10.4. The Morgan fingerprint density at radius 1 is 1.03 bits per heavy atom. The molecule has 4 aromatic rings. The molecule has 1 unspecified atom stereocenters. The van der Waals surface area contributed by atoms with Crippen molar-refractivity contribution in [3.05, 3.63) is 99.7 Å². The van der Waals surface area contributed by atoms with Crippen LogP contribution in [0.2, 0.25) is 0 Å². The van der Waals surface area contributed by atoms with Gasteiger partial charge in [0, 0.05) is 21.3 Å². The summed E-state index contributed by atoms with van der Waals surface area (Å²) in [6.45, 7) is 2.01. The van der Waals surface area contributed by atoms with Gasteiger partial charge in [0.15, 0.2) is 0 Å². The lowest BCUT2D eigenvalue weighted by Gasteiger charge is -2.26. The molecular weight excluding hydrogens is 442 g/mol. The fourth-order valence-electron chi connectivity index (χ4n) is 3.96. The van der Waals surface area contributed by atoms with E-state index in [4.69, 9.17) is 0 Å². The number of anilines is 1. The fraction of sp³-hybridized carbons (Fsp3) is 0.0833. The van der Waals surface area contributed by atoms with Crippen LogP contribution < -0.4 is 4.90 Å². The molecule has 2 heterocycles. The van der Waals surface area contributed by atoms with E-state index in [1.807, 2.05) is 61.5 Å². The Bertz CT molecular complexity index is 1250. The van der Waals surface area contributed by atoms with Crippen molar-refractivity contribution in [3.8, 4) is 17.0 Å². The predicted octanol–water partition coefficient (Wildman–Crippen LogP) is 5.60. The summed E-state index contributed by atoms with van der Waals surface area (Å²) >= 11 is 3.46. The van der Waals surface area contributed by atoms with Crippen molar-refractivity contribution in [1.82, 2.24) is 10.2 Å². The topological polar surface area (TPSA) is 69.2 Å². The third-order valence-corrected chi connectivity index (χ3v) is 5.91. The number of phenolic OH excluding ortho intramolecular Hbond substituents is 1. The molecule has 3 aromatic carbocycles. The summed E-state index contributed by atoms with van der Waals surface area (Å²) in [5.41, 5.74) is 5.67. The number of aromatic amines is 1. The first-order chi connectivity index (χ1) is 14.5. The van der Waals surface area contributed by atoms with Crippen molar-refractivity contribution in [2.75, 3.05) is 4.90 Å². The SMILES string of the molecule is Cc1ccc(N2C(=O)c3[nH]nc(-c4ccc(Br)cc4)c3C2c2cccc(O)c2)cc1. The second-order valence-electron chi connectivity index (χ2n) is 7.38. The summed E-state index contributed by atoms with van der Waals surface area (Å²) in [6, 6.07) is 22.4. The maximum absolute atomic E-state index is 13.4. The van der Waals surface area contributed by atoms with Crippen LogP contribution in [-0.2, 0) is 0 Å². The van der Waals surface area contributed by atoms with Crippen LogP contribution in [0.1, 0.15) is 33.2 Å². The molecule has 0 fully saturated rings. The van der Waals surface area contributed by atoms with E-state index in [0.29, 0.717) is 5.69 Å². The minimum atomic E-state index is -0.403. The Balaban J connectivity index is 1.72. The van der Waals surface area contributed by atoms with Gasteiger partial charge >= 0.3 is 0 Å². The van der Waals surface area contributed by atoms with Gasteiger partial charge in [0.25, 0.3) is 5.91 Å². The van der Waals surface area contributed by atoms with Crippen LogP contribution in [0.4, 0.5) is 5.69 Å². The van der Waals surface area contributed by atoms with E-state index in [1.54, 1.807) is 23.1 Å². The highest BCUT2D eigenvalue weighted by Gasteiger charge is 2.43. The molecule has 1 amide bonds. The Labute approximate surface area is 182 Å². The van der Waals surface area contributed by atoms with Gasteiger partial charge in [-0.2, -0.15) is 5.10 Å². The Hall–Kier alpha value is -3.38. The minimum absolute atomic E-state index is 0.141. The number of carbonyl (C=O) groups is 1. The number of aryl methyl sites for hydroxylation is 1. The molecule has 0 bridgehead atoms. The number of nitrogens with one attached hydrogen (secondary N) is 1. The summed E-state index contributed by atoms with van der Waals surface area (Å²) in [6.07, 6.45) is 0. The van der Waals surface area contributed by atoms with Gasteiger partial charge in [0.05, 0.1) is 11.7 Å². The van der Waals surface area contributed by atoms with Crippen LogP contribution in [0.3, 0.4) is 0 Å². The number of halogens is 1. The predicted molar refractivity (Wildman–Crippen MR) is 120 cm³/mol. The number of nitrogens with zero attached hydrogens (tertiary/aromatic N) is 2. The molecule has 5 rings (SSSR count). The molecule has 0 aliphatic carbocycles. The highest BCUT2D eigenvalue weighted by atomic mass is 79.9. The molecule has 0 radical (unpaired) electrons. The van der Waals surface area contributed by atoms with Crippen LogP contribution in [0.15, 0.2) is 77.3 Å². The third-order valence-electron chi connectivity index (χ3n) is 5.38. The van der Waals surface area contributed by atoms with Crippen LogP contribution >= 0.6 is 15.9 Å². The summed E-state index contributed by atoms with van der Waals surface area (Å²) in [5, 5.41) is 17.6. The maximum Gasteiger partial charge on any atom is 0.277 e. The molecule has 0 saturated carbocycles. The molecule has 1 atom stereocenters. The number of amides is 1. The number of fused-ring (bicyclic) bond motifs is 1. The average Bonchev–Trinajstić information content (AvgIpc) is 3.28. The molecule has 5 nitrogen and oxygen atoms in total. The van der Waals surface area contributed by atoms with E-state index in [2.05, 4.69) is 26.1 Å². The molecule has 0 spiro atoms. The number of benzene rings is 3. The Kier molecular flexibility index (Phi) is 4.44. The van der Waals surface area contributed by atoms with E-state index in [-0.39, 0.29) is 11.7 Å². The number of rotatable bonds is 3. The van der Waals surface area contributed by atoms with Gasteiger partial charge in [-0.1, -0.05) is 57.9 Å². The van der Waals surface area contributed by atoms with Crippen LogP contribution in [0.25, 0.3) is 11.3 Å². The lowest BCUT2D eigenvalue weighted by atomic mass is 9.95. The lowest BCUT2D eigenvalue weighted by Crippen LogP contribution is -2.29. The van der Waals surface area contributed by atoms with Gasteiger partial charge in [0.2, 0.25) is 0 Å². The normalized spacial score (nSPS) is 15.5. The van der Waals surface area contributed by atoms with Gasteiger partial charge in [-0.15, -0.1) is 0 Å². The van der Waals surface area contributed by atoms with E-state index in [9.17, 15) is 9.90 Å². The average molecular weight is 460 g/mol. The maximum atomic E-state index is 13.4. The highest BCUT2D eigenvalue weighted by molar-refractivity contribution is 9.10. The quantitative estimate of drug-likeness (QED) is 0.418. The van der Waals surface area contributed by atoms with Crippen molar-refractivity contribution in [3.63, 3.8) is 0 Å². The molecular formula is C24H18BrN3O2. The lowest BCUT2D eigenvalue weighted by molar-refractivity contribution is 0.0988. The van der Waals surface area contributed by atoms with Crippen LogP contribution in [-0.4, -0.2) is 21.2 Å². The zero-order valence-electron chi connectivity index (χ0n) is 16.1. The van der Waals surface area contributed by atoms with Gasteiger partial charge in [-0.25, -0.2) is 0 Å². The number of hydrogen-bond acceptors (Lipinski definition) is 3. The number of phenols is 1. The monoisotopic (exact) mass is 459 g/mol. The first-order valence-electron chi connectivity index (χ1n) is 9.56. The summed E-state index contributed by atoms with van der Waals surface area (Å²) in [4.78, 5) is 15.2. The van der Waals surface area contributed by atoms with E-state index >= 15 is 0 Å². The second kappa shape index (κ2) is 7.15. The van der Waals surface area contributed by atoms with Gasteiger partial charge < -0.3 is 5.11 Å². The highest BCUT2D eigenvalue weighted by Crippen LogP contribution is 2.45. The molecule has 30 heavy (non-hydrogen) atoms. The van der Waals surface area contributed by atoms with E-state index in [0.717, 1.165) is 38.1 Å². The van der Waals surface area contributed by atoms with Crippen LogP contribution in [0.5, 0.6) is 5.75 Å². The van der Waals surface area contributed by atoms with Crippen LogP contribution in [0, 0.1) is 6.92 Å². The summed E-state index contributed by atoms with van der Waals surface area (Å²) in [7, 11) is 0. The summed E-state index contributed by atoms with van der Waals surface area (Å²) < 4.78 is 0.973. The van der Waals surface area contributed by atoms with Crippen molar-refractivity contribution >= 4 is 27.5 Å². The van der Waals surface area contributed by atoms with Crippen molar-refractivity contribution in [2.24, 2.45) is 0 Å². The number of aromatic nitrogens is 2.